The summed E-state index contributed by atoms with van der Waals surface area (Å²) in [5, 5.41) is 31.0. The van der Waals surface area contributed by atoms with Crippen molar-refractivity contribution in [2.75, 3.05) is 19.0 Å². The van der Waals surface area contributed by atoms with Gasteiger partial charge in [0, 0.05) is 12.8 Å². The second-order valence-corrected chi connectivity index (χ2v) is 18.9. The molecule has 6 atom stereocenters. The quantitative estimate of drug-likeness (QED) is 0.0197. The zero-order valence-corrected chi connectivity index (χ0v) is 41.1. The monoisotopic (exact) mass is 939 g/mol. The molecule has 6 unspecified atom stereocenters. The maximum Gasteiger partial charge on any atom is 0.306 e. The van der Waals surface area contributed by atoms with Gasteiger partial charge in [0.2, 0.25) is 0 Å². The number of hydrogen-bond acceptors (Lipinski definition) is 11. The second-order valence-electron chi connectivity index (χ2n) is 17.4. The molecule has 0 radical (unpaired) electrons. The van der Waals surface area contributed by atoms with Gasteiger partial charge in [0.25, 0.3) is 10.1 Å². The van der Waals surface area contributed by atoms with Crippen molar-refractivity contribution in [3.63, 3.8) is 0 Å². The highest BCUT2D eigenvalue weighted by Crippen LogP contribution is 2.24. The van der Waals surface area contributed by atoms with E-state index in [0.717, 1.165) is 89.9 Å². The SMILES string of the molecule is CC/C=C\C/C=C\C/C=C\C/C=C\CCCCCCCCC(=O)OC(COC(=O)CCCCCCCCC/C=C\CCCCCCCCC)COC1OC(CS(=O)(=O)O)C(O)C(O)C1O. The van der Waals surface area contributed by atoms with E-state index in [1.165, 1.54) is 70.6 Å². The van der Waals surface area contributed by atoms with Gasteiger partial charge in [-0.05, 0) is 77.0 Å². The van der Waals surface area contributed by atoms with Gasteiger partial charge in [-0.25, -0.2) is 0 Å². The van der Waals surface area contributed by atoms with Crippen LogP contribution >= 0.6 is 0 Å². The van der Waals surface area contributed by atoms with E-state index >= 15 is 0 Å². The first kappa shape index (κ1) is 60.4. The molecule has 1 fully saturated rings. The third-order valence-electron chi connectivity index (χ3n) is 11.3. The molecule has 0 aromatic heterocycles. The lowest BCUT2D eigenvalue weighted by Gasteiger charge is -2.40. The van der Waals surface area contributed by atoms with Crippen LogP contribution in [0.4, 0.5) is 0 Å². The third kappa shape index (κ3) is 36.1. The van der Waals surface area contributed by atoms with Gasteiger partial charge in [-0.1, -0.05) is 171 Å². The number of ether oxygens (including phenoxy) is 4. The Labute approximate surface area is 394 Å². The number of unbranched alkanes of at least 4 members (excludes halogenated alkanes) is 20. The Morgan fingerprint density at radius 2 is 0.969 bits per heavy atom. The molecule has 0 amide bonds. The summed E-state index contributed by atoms with van der Waals surface area (Å²) >= 11 is 0. The molecule has 0 spiro atoms. The number of rotatable bonds is 42. The Morgan fingerprint density at radius 3 is 1.46 bits per heavy atom. The van der Waals surface area contributed by atoms with Crippen molar-refractivity contribution in [3.8, 4) is 0 Å². The molecular formula is C52H90O12S. The fourth-order valence-electron chi connectivity index (χ4n) is 7.43. The van der Waals surface area contributed by atoms with E-state index in [-0.39, 0.29) is 19.4 Å². The van der Waals surface area contributed by atoms with Crippen LogP contribution in [0.25, 0.3) is 0 Å². The van der Waals surface area contributed by atoms with E-state index in [9.17, 15) is 37.9 Å². The number of carbonyl (C=O) groups excluding carboxylic acids is 2. The normalized spacial score (nSPS) is 20.0. The van der Waals surface area contributed by atoms with Gasteiger partial charge in [0.1, 0.15) is 36.8 Å². The zero-order valence-electron chi connectivity index (χ0n) is 40.3. The van der Waals surface area contributed by atoms with Crippen molar-refractivity contribution in [3.05, 3.63) is 60.8 Å². The van der Waals surface area contributed by atoms with Gasteiger partial charge < -0.3 is 34.3 Å². The van der Waals surface area contributed by atoms with Gasteiger partial charge in [-0.3, -0.25) is 14.1 Å². The predicted molar refractivity (Wildman–Crippen MR) is 261 cm³/mol. The minimum atomic E-state index is -4.61. The molecule has 65 heavy (non-hydrogen) atoms. The molecule has 0 bridgehead atoms. The van der Waals surface area contributed by atoms with Crippen LogP contribution in [0.15, 0.2) is 60.8 Å². The smallest absolute Gasteiger partial charge is 0.306 e. The average molecular weight is 939 g/mol. The lowest BCUT2D eigenvalue weighted by Crippen LogP contribution is -2.60. The maximum atomic E-state index is 12.9. The number of aliphatic hydroxyl groups is 3. The first-order valence-electron chi connectivity index (χ1n) is 25.3. The van der Waals surface area contributed by atoms with Crippen molar-refractivity contribution in [1.29, 1.82) is 0 Å². The molecule has 376 valence electrons. The fourth-order valence-corrected chi connectivity index (χ4v) is 8.12. The molecule has 1 heterocycles. The molecule has 0 aromatic rings. The fraction of sp³-hybridized carbons (Fsp3) is 0.769. The first-order chi connectivity index (χ1) is 31.5. The summed E-state index contributed by atoms with van der Waals surface area (Å²) in [6.45, 7) is 3.65. The Kier molecular flexibility index (Phi) is 38.6. The largest absolute Gasteiger partial charge is 0.462 e. The van der Waals surface area contributed by atoms with Crippen LogP contribution in [-0.2, 0) is 38.7 Å². The number of hydrogen-bond donors (Lipinski definition) is 4. The Morgan fingerprint density at radius 1 is 0.538 bits per heavy atom. The first-order valence-corrected chi connectivity index (χ1v) is 27.0. The summed E-state index contributed by atoms with van der Waals surface area (Å²) < 4.78 is 54.2. The average Bonchev–Trinajstić information content (AvgIpc) is 3.27. The minimum absolute atomic E-state index is 0.145. The molecule has 1 rings (SSSR count). The molecule has 0 saturated carbocycles. The van der Waals surface area contributed by atoms with Gasteiger partial charge in [-0.2, -0.15) is 8.42 Å². The summed E-state index contributed by atoms with van der Waals surface area (Å²) in [5.74, 6) is -2.01. The van der Waals surface area contributed by atoms with Gasteiger partial charge in [0.15, 0.2) is 12.4 Å². The van der Waals surface area contributed by atoms with E-state index in [2.05, 4.69) is 74.6 Å². The summed E-state index contributed by atoms with van der Waals surface area (Å²) in [4.78, 5) is 25.5. The molecule has 4 N–H and O–H groups in total. The number of allylic oxidation sites excluding steroid dienone is 10. The van der Waals surface area contributed by atoms with E-state index in [4.69, 9.17) is 18.9 Å². The molecule has 1 aliphatic rings. The Bertz CT molecular complexity index is 1420. The summed E-state index contributed by atoms with van der Waals surface area (Å²) in [5.41, 5.74) is 0. The van der Waals surface area contributed by atoms with Crippen LogP contribution in [0.3, 0.4) is 0 Å². The van der Waals surface area contributed by atoms with Crippen LogP contribution in [-0.4, -0.2) is 96.0 Å². The number of esters is 2. The predicted octanol–water partition coefficient (Wildman–Crippen LogP) is 11.3. The van der Waals surface area contributed by atoms with Crippen molar-refractivity contribution in [1.82, 2.24) is 0 Å². The highest BCUT2D eigenvalue weighted by atomic mass is 32.2. The third-order valence-corrected chi connectivity index (χ3v) is 12.1. The van der Waals surface area contributed by atoms with Crippen LogP contribution in [0.2, 0.25) is 0 Å². The van der Waals surface area contributed by atoms with Crippen molar-refractivity contribution >= 4 is 22.1 Å². The van der Waals surface area contributed by atoms with E-state index < -0.39 is 71.2 Å². The Balaban J connectivity index is 2.40. The number of carbonyl (C=O) groups is 2. The molecule has 13 heteroatoms. The van der Waals surface area contributed by atoms with Crippen LogP contribution in [0, 0.1) is 0 Å². The van der Waals surface area contributed by atoms with Crippen molar-refractivity contribution in [2.45, 2.75) is 237 Å². The summed E-state index contributed by atoms with van der Waals surface area (Å²) in [6, 6.07) is 0. The van der Waals surface area contributed by atoms with E-state index in [1.807, 2.05) is 0 Å². The number of aliphatic hydroxyl groups excluding tert-OH is 3. The molecular weight excluding hydrogens is 849 g/mol. The second kappa shape index (κ2) is 41.5. The molecule has 1 saturated heterocycles. The summed E-state index contributed by atoms with van der Waals surface area (Å²) in [7, 11) is -4.61. The van der Waals surface area contributed by atoms with Crippen LogP contribution in [0.5, 0.6) is 0 Å². The van der Waals surface area contributed by atoms with Gasteiger partial charge >= 0.3 is 11.9 Å². The molecule has 0 aromatic carbocycles. The zero-order chi connectivity index (χ0) is 47.6. The van der Waals surface area contributed by atoms with Gasteiger partial charge in [-0.15, -0.1) is 0 Å². The minimum Gasteiger partial charge on any atom is -0.462 e. The topological polar surface area (TPSA) is 186 Å². The highest BCUT2D eigenvalue weighted by Gasteiger charge is 2.46. The van der Waals surface area contributed by atoms with Gasteiger partial charge in [0.05, 0.1) is 6.61 Å². The Hall–Kier alpha value is -2.65. The molecule has 12 nitrogen and oxygen atoms in total. The van der Waals surface area contributed by atoms with E-state index in [0.29, 0.717) is 12.8 Å². The lowest BCUT2D eigenvalue weighted by molar-refractivity contribution is -0.297. The van der Waals surface area contributed by atoms with Crippen molar-refractivity contribution in [2.24, 2.45) is 0 Å². The van der Waals surface area contributed by atoms with Crippen LogP contribution < -0.4 is 0 Å². The van der Waals surface area contributed by atoms with E-state index in [1.54, 1.807) is 0 Å². The molecule has 1 aliphatic heterocycles. The molecule has 0 aliphatic carbocycles. The highest BCUT2D eigenvalue weighted by molar-refractivity contribution is 7.85. The standard InChI is InChI=1S/C52H90O12S/c1-3-5-7-9-11-13-15-17-19-21-23-25-27-29-31-33-35-37-39-41-48(54)63-45(43-62-52-51(57)50(56)49(55)46(64-52)44-65(58,59)60)42-61-47(53)40-38-36-34-32-30-28-26-24-22-20-18-16-14-12-10-8-6-4-2/h5,7,11,13,17,19-20,22-23,25,45-46,49-52,55-57H,3-4,6,8-10,12,14-16,18,21,24,26-44H2,1-2H3,(H,58,59,60)/b7-5-,13-11-,19-17-,22-20-,25-23-. The van der Waals surface area contributed by atoms with Crippen LogP contribution in [0.1, 0.15) is 200 Å². The summed E-state index contributed by atoms with van der Waals surface area (Å²) in [6.07, 6.45) is 42.5. The lowest BCUT2D eigenvalue weighted by atomic mass is 10.00. The maximum absolute atomic E-state index is 12.9. The van der Waals surface area contributed by atoms with Crippen molar-refractivity contribution < 1.29 is 56.8 Å².